The summed E-state index contributed by atoms with van der Waals surface area (Å²) in [6.45, 7) is -0.197. The quantitative estimate of drug-likeness (QED) is 0.322. The SMILES string of the molecule is O=S(O)CCCCSSC[C@H](O)CO. The first-order valence-corrected chi connectivity index (χ1v) is 8.04. The van der Waals surface area contributed by atoms with Gasteiger partial charge in [-0.05, 0) is 12.8 Å². The van der Waals surface area contributed by atoms with E-state index in [1.165, 1.54) is 10.8 Å². The van der Waals surface area contributed by atoms with Crippen LogP contribution < -0.4 is 0 Å². The average Bonchev–Trinajstić information content (AvgIpc) is 2.15. The topological polar surface area (TPSA) is 77.8 Å². The molecule has 1 unspecified atom stereocenters. The highest BCUT2D eigenvalue weighted by Gasteiger charge is 2.01. The van der Waals surface area contributed by atoms with E-state index in [4.69, 9.17) is 14.8 Å². The molecule has 0 aliphatic carbocycles. The third kappa shape index (κ3) is 10.8. The third-order valence-electron chi connectivity index (χ3n) is 1.35. The van der Waals surface area contributed by atoms with Gasteiger partial charge in [0.1, 0.15) is 0 Å². The molecule has 0 aliphatic heterocycles. The maximum absolute atomic E-state index is 10.3. The molecular formula is C7H16O4S3. The molecule has 2 atom stereocenters. The van der Waals surface area contributed by atoms with Crippen LogP contribution in [0, 0.1) is 0 Å². The first kappa shape index (κ1) is 14.7. The van der Waals surface area contributed by atoms with Gasteiger partial charge in [-0.3, -0.25) is 0 Å². The van der Waals surface area contributed by atoms with Gasteiger partial charge in [0.05, 0.1) is 12.7 Å². The first-order chi connectivity index (χ1) is 6.66. The second kappa shape index (κ2) is 10.3. The van der Waals surface area contributed by atoms with Crippen molar-refractivity contribution in [1.29, 1.82) is 0 Å². The lowest BCUT2D eigenvalue weighted by atomic mass is 10.4. The summed E-state index contributed by atoms with van der Waals surface area (Å²) in [5, 5.41) is 17.5. The monoisotopic (exact) mass is 260 g/mol. The Balaban J connectivity index is 3.02. The highest BCUT2D eigenvalue weighted by Crippen LogP contribution is 2.23. The maximum atomic E-state index is 10.3. The molecule has 0 radical (unpaired) electrons. The average molecular weight is 260 g/mol. The fraction of sp³-hybridized carbons (Fsp3) is 1.00. The van der Waals surface area contributed by atoms with E-state index in [0.717, 1.165) is 18.6 Å². The molecule has 0 spiro atoms. The minimum absolute atomic E-state index is 0.197. The van der Waals surface area contributed by atoms with E-state index in [1.807, 2.05) is 0 Å². The number of aliphatic hydroxyl groups excluding tert-OH is 2. The van der Waals surface area contributed by atoms with Crippen molar-refractivity contribution in [2.24, 2.45) is 0 Å². The lowest BCUT2D eigenvalue weighted by Crippen LogP contribution is -2.13. The van der Waals surface area contributed by atoms with Gasteiger partial charge in [0, 0.05) is 17.3 Å². The molecular weight excluding hydrogens is 244 g/mol. The predicted octanol–water partition coefficient (Wildman–Crippen LogP) is 0.723. The number of aliphatic hydroxyl groups is 2. The van der Waals surface area contributed by atoms with E-state index in [0.29, 0.717) is 11.5 Å². The summed E-state index contributed by atoms with van der Waals surface area (Å²) < 4.78 is 18.7. The van der Waals surface area contributed by atoms with Crippen LogP contribution in [-0.4, -0.2) is 48.9 Å². The summed E-state index contributed by atoms with van der Waals surface area (Å²) >= 11 is -1.67. The van der Waals surface area contributed by atoms with E-state index in [1.54, 1.807) is 10.8 Å². The van der Waals surface area contributed by atoms with Gasteiger partial charge >= 0.3 is 0 Å². The molecule has 0 bridgehead atoms. The van der Waals surface area contributed by atoms with Gasteiger partial charge in [0.25, 0.3) is 0 Å². The zero-order valence-corrected chi connectivity index (χ0v) is 10.2. The van der Waals surface area contributed by atoms with Crippen LogP contribution in [0.1, 0.15) is 12.8 Å². The molecule has 0 aromatic rings. The summed E-state index contributed by atoms with van der Waals surface area (Å²) in [6.07, 6.45) is 1.01. The molecule has 0 saturated carbocycles. The van der Waals surface area contributed by atoms with E-state index < -0.39 is 17.2 Å². The molecule has 0 heterocycles. The lowest BCUT2D eigenvalue weighted by Gasteiger charge is -2.05. The molecule has 0 saturated heterocycles. The van der Waals surface area contributed by atoms with Gasteiger partial charge in [-0.2, -0.15) is 0 Å². The van der Waals surface area contributed by atoms with Crippen LogP contribution in [0.3, 0.4) is 0 Å². The van der Waals surface area contributed by atoms with Crippen molar-refractivity contribution >= 4 is 32.7 Å². The van der Waals surface area contributed by atoms with E-state index in [-0.39, 0.29) is 6.61 Å². The second-order valence-corrected chi connectivity index (χ2v) is 6.35. The largest absolute Gasteiger partial charge is 0.394 e. The van der Waals surface area contributed by atoms with Crippen molar-refractivity contribution in [2.45, 2.75) is 18.9 Å². The Morgan fingerprint density at radius 1 is 1.29 bits per heavy atom. The van der Waals surface area contributed by atoms with Gasteiger partial charge in [0.15, 0.2) is 11.1 Å². The van der Waals surface area contributed by atoms with Crippen LogP contribution in [0.2, 0.25) is 0 Å². The zero-order valence-electron chi connectivity index (χ0n) is 7.79. The van der Waals surface area contributed by atoms with Gasteiger partial charge in [-0.25, -0.2) is 4.21 Å². The Labute approximate surface area is 94.5 Å². The van der Waals surface area contributed by atoms with Crippen molar-refractivity contribution in [3.8, 4) is 0 Å². The van der Waals surface area contributed by atoms with Gasteiger partial charge in [0.2, 0.25) is 0 Å². The minimum Gasteiger partial charge on any atom is -0.394 e. The third-order valence-corrected chi connectivity index (χ3v) is 4.54. The Kier molecular flexibility index (Phi) is 10.8. The first-order valence-electron chi connectivity index (χ1n) is 4.27. The van der Waals surface area contributed by atoms with Crippen LogP contribution in [0.25, 0.3) is 0 Å². The summed E-state index contributed by atoms with van der Waals surface area (Å²) in [6, 6.07) is 0. The molecule has 7 heteroatoms. The number of rotatable bonds is 9. The fourth-order valence-corrected chi connectivity index (χ4v) is 3.34. The summed E-state index contributed by atoms with van der Waals surface area (Å²) in [4.78, 5) is 0. The van der Waals surface area contributed by atoms with E-state index >= 15 is 0 Å². The van der Waals surface area contributed by atoms with Crippen molar-refractivity contribution in [1.82, 2.24) is 0 Å². The molecule has 0 aliphatic rings. The van der Waals surface area contributed by atoms with Crippen LogP contribution in [0.5, 0.6) is 0 Å². The molecule has 0 amide bonds. The van der Waals surface area contributed by atoms with Gasteiger partial charge in [-0.15, -0.1) is 0 Å². The number of hydrogen-bond acceptors (Lipinski definition) is 5. The van der Waals surface area contributed by atoms with Gasteiger partial charge in [-0.1, -0.05) is 21.6 Å². The zero-order chi connectivity index (χ0) is 10.8. The van der Waals surface area contributed by atoms with Crippen LogP contribution >= 0.6 is 21.6 Å². The van der Waals surface area contributed by atoms with Crippen LogP contribution in [-0.2, 0) is 11.1 Å². The highest BCUT2D eigenvalue weighted by atomic mass is 33.1. The second-order valence-electron chi connectivity index (χ2n) is 2.68. The summed E-state index contributed by atoms with van der Waals surface area (Å²) in [5.74, 6) is 1.76. The maximum Gasteiger partial charge on any atom is 0.152 e. The highest BCUT2D eigenvalue weighted by molar-refractivity contribution is 8.76. The Morgan fingerprint density at radius 2 is 2.00 bits per heavy atom. The lowest BCUT2D eigenvalue weighted by molar-refractivity contribution is 0.114. The Hall–Kier alpha value is 0.730. The summed E-state index contributed by atoms with van der Waals surface area (Å²) in [7, 11) is 3.13. The molecule has 0 fully saturated rings. The Bertz CT molecular complexity index is 156. The molecule has 3 N–H and O–H groups in total. The fourth-order valence-electron chi connectivity index (χ4n) is 0.625. The van der Waals surface area contributed by atoms with Crippen molar-refractivity contribution in [2.75, 3.05) is 23.9 Å². The minimum atomic E-state index is -1.67. The molecule has 0 aromatic heterocycles. The van der Waals surface area contributed by atoms with Crippen molar-refractivity contribution < 1.29 is 19.0 Å². The van der Waals surface area contributed by atoms with Gasteiger partial charge < -0.3 is 14.8 Å². The molecule has 0 rings (SSSR count). The molecule has 4 nitrogen and oxygen atoms in total. The Morgan fingerprint density at radius 3 is 2.57 bits per heavy atom. The molecule has 0 aromatic carbocycles. The number of hydrogen-bond donors (Lipinski definition) is 3. The van der Waals surface area contributed by atoms with E-state index in [9.17, 15) is 4.21 Å². The van der Waals surface area contributed by atoms with Crippen molar-refractivity contribution in [3.05, 3.63) is 0 Å². The smallest absolute Gasteiger partial charge is 0.152 e. The van der Waals surface area contributed by atoms with E-state index in [2.05, 4.69) is 0 Å². The molecule has 86 valence electrons. The number of unbranched alkanes of at least 4 members (excludes halogenated alkanes) is 1. The van der Waals surface area contributed by atoms with Crippen molar-refractivity contribution in [3.63, 3.8) is 0 Å². The standard InChI is InChI=1S/C7H16O4S3/c8-5-7(9)6-13-12-3-1-2-4-14(10)11/h7-9H,1-6H2,(H,10,11)/t7-/m1/s1. The predicted molar refractivity (Wildman–Crippen MR) is 62.9 cm³/mol. The summed E-state index contributed by atoms with van der Waals surface area (Å²) in [5.41, 5.74) is 0. The normalized spacial score (nSPS) is 15.4. The van der Waals surface area contributed by atoms with Crippen LogP contribution in [0.15, 0.2) is 0 Å². The molecule has 14 heavy (non-hydrogen) atoms. The van der Waals surface area contributed by atoms with Crippen LogP contribution in [0.4, 0.5) is 0 Å².